The van der Waals surface area contributed by atoms with Gasteiger partial charge in [-0.05, 0) is 37.1 Å². The molecule has 1 aliphatic rings. The molecule has 0 aromatic heterocycles. The van der Waals surface area contributed by atoms with Crippen LogP contribution in [0.3, 0.4) is 0 Å². The van der Waals surface area contributed by atoms with E-state index in [4.69, 9.17) is 9.47 Å². The molecule has 0 unspecified atom stereocenters. The Morgan fingerprint density at radius 3 is 2.37 bits per heavy atom. The molecule has 8 nitrogen and oxygen atoms in total. The molecule has 3 rings (SSSR count). The summed E-state index contributed by atoms with van der Waals surface area (Å²) in [4.78, 5) is 24.3. The molecule has 0 radical (unpaired) electrons. The van der Waals surface area contributed by atoms with Gasteiger partial charge in [0, 0.05) is 24.8 Å². The first-order valence-electron chi connectivity index (χ1n) is 9.56. The molecule has 30 heavy (non-hydrogen) atoms. The standard InChI is InChI=1S/C21H24N2O6S/c1-30(26,27)23-12-10-16(11-13-23)21(25)28-15-20(24)22-17-6-5-9-19(14-17)29-18-7-3-2-4-8-18/h2-9,14,16H,10-13,15H2,1H3,(H,22,24). The van der Waals surface area contributed by atoms with Crippen LogP contribution in [0, 0.1) is 5.92 Å². The van der Waals surface area contributed by atoms with Crippen LogP contribution in [0.25, 0.3) is 0 Å². The molecule has 0 saturated carbocycles. The second-order valence-electron chi connectivity index (χ2n) is 7.04. The number of benzene rings is 2. The molecule has 1 saturated heterocycles. The number of hydrogen-bond donors (Lipinski definition) is 1. The van der Waals surface area contributed by atoms with E-state index >= 15 is 0 Å². The van der Waals surface area contributed by atoms with Gasteiger partial charge < -0.3 is 14.8 Å². The lowest BCUT2D eigenvalue weighted by molar-refractivity contribution is -0.152. The van der Waals surface area contributed by atoms with Crippen molar-refractivity contribution in [3.63, 3.8) is 0 Å². The number of anilines is 1. The number of nitrogens with one attached hydrogen (secondary N) is 1. The molecule has 1 aliphatic heterocycles. The zero-order chi connectivity index (χ0) is 21.6. The van der Waals surface area contributed by atoms with Gasteiger partial charge in [0.15, 0.2) is 6.61 Å². The van der Waals surface area contributed by atoms with Gasteiger partial charge in [-0.2, -0.15) is 0 Å². The van der Waals surface area contributed by atoms with Crippen LogP contribution in [0.5, 0.6) is 11.5 Å². The molecule has 2 aromatic rings. The Balaban J connectivity index is 1.46. The van der Waals surface area contributed by atoms with Gasteiger partial charge in [0.1, 0.15) is 11.5 Å². The number of para-hydroxylation sites is 1. The largest absolute Gasteiger partial charge is 0.457 e. The van der Waals surface area contributed by atoms with Gasteiger partial charge in [-0.1, -0.05) is 24.3 Å². The van der Waals surface area contributed by atoms with Gasteiger partial charge >= 0.3 is 5.97 Å². The second kappa shape index (κ2) is 9.73. The van der Waals surface area contributed by atoms with Crippen molar-refractivity contribution in [3.8, 4) is 11.5 Å². The number of esters is 1. The van der Waals surface area contributed by atoms with Gasteiger partial charge in [-0.3, -0.25) is 9.59 Å². The molecule has 0 atom stereocenters. The summed E-state index contributed by atoms with van der Waals surface area (Å²) in [6.45, 7) is 0.146. The topological polar surface area (TPSA) is 102 Å². The minimum Gasteiger partial charge on any atom is -0.457 e. The maximum Gasteiger partial charge on any atom is 0.309 e. The van der Waals surface area contributed by atoms with Crippen LogP contribution in [0.2, 0.25) is 0 Å². The molecule has 1 N–H and O–H groups in total. The zero-order valence-electron chi connectivity index (χ0n) is 16.6. The molecule has 1 amide bonds. The van der Waals surface area contributed by atoms with Crippen molar-refractivity contribution >= 4 is 27.6 Å². The number of carbonyl (C=O) groups excluding carboxylic acids is 2. The molecule has 0 spiro atoms. The number of carbonyl (C=O) groups is 2. The second-order valence-corrected chi connectivity index (χ2v) is 9.02. The summed E-state index contributed by atoms with van der Waals surface area (Å²) in [5.74, 6) is -0.114. The van der Waals surface area contributed by atoms with Gasteiger partial charge in [-0.15, -0.1) is 0 Å². The third-order valence-corrected chi connectivity index (χ3v) is 6.00. The molecular formula is C21H24N2O6S. The smallest absolute Gasteiger partial charge is 0.309 e. The van der Waals surface area contributed by atoms with Crippen LogP contribution >= 0.6 is 0 Å². The minimum absolute atomic E-state index is 0.277. The van der Waals surface area contributed by atoms with Crippen LogP contribution in [0.4, 0.5) is 5.69 Å². The predicted octanol–water partition coefficient (Wildman–Crippen LogP) is 2.63. The van der Waals surface area contributed by atoms with E-state index in [-0.39, 0.29) is 13.1 Å². The molecule has 0 aliphatic carbocycles. The molecule has 9 heteroatoms. The van der Waals surface area contributed by atoms with E-state index in [1.165, 1.54) is 4.31 Å². The van der Waals surface area contributed by atoms with Crippen LogP contribution in [0.15, 0.2) is 54.6 Å². The quantitative estimate of drug-likeness (QED) is 0.675. The van der Waals surface area contributed by atoms with Crippen molar-refractivity contribution < 1.29 is 27.5 Å². The number of piperidine rings is 1. The number of amides is 1. The maximum atomic E-state index is 12.2. The summed E-state index contributed by atoms with van der Waals surface area (Å²) >= 11 is 0. The van der Waals surface area contributed by atoms with Crippen molar-refractivity contribution in [2.24, 2.45) is 5.92 Å². The van der Waals surface area contributed by atoms with Crippen molar-refractivity contribution in [2.75, 3.05) is 31.3 Å². The Labute approximate surface area is 175 Å². The third kappa shape index (κ3) is 6.30. The van der Waals surface area contributed by atoms with E-state index in [1.807, 2.05) is 30.3 Å². The van der Waals surface area contributed by atoms with Crippen LogP contribution in [-0.2, 0) is 24.3 Å². The highest BCUT2D eigenvalue weighted by Crippen LogP contribution is 2.24. The van der Waals surface area contributed by atoms with E-state index in [9.17, 15) is 18.0 Å². The van der Waals surface area contributed by atoms with Crippen molar-refractivity contribution in [2.45, 2.75) is 12.8 Å². The lowest BCUT2D eigenvalue weighted by atomic mass is 9.98. The minimum atomic E-state index is -3.25. The summed E-state index contributed by atoms with van der Waals surface area (Å²) < 4.78 is 35.2. The van der Waals surface area contributed by atoms with Crippen LogP contribution in [-0.4, -0.2) is 50.6 Å². The Kier molecular flexibility index (Phi) is 7.07. The Hall–Kier alpha value is -2.91. The molecule has 0 bridgehead atoms. The van der Waals surface area contributed by atoms with E-state index in [0.717, 1.165) is 6.26 Å². The van der Waals surface area contributed by atoms with Gasteiger partial charge in [-0.25, -0.2) is 12.7 Å². The number of ether oxygens (including phenoxy) is 2. The predicted molar refractivity (Wildman–Crippen MR) is 112 cm³/mol. The monoisotopic (exact) mass is 432 g/mol. The number of hydrogen-bond acceptors (Lipinski definition) is 6. The lowest BCUT2D eigenvalue weighted by Gasteiger charge is -2.28. The summed E-state index contributed by atoms with van der Waals surface area (Å²) in [5.41, 5.74) is 0.519. The number of rotatable bonds is 7. The van der Waals surface area contributed by atoms with Gasteiger partial charge in [0.25, 0.3) is 5.91 Å². The Bertz CT molecular complexity index is 986. The lowest BCUT2D eigenvalue weighted by Crippen LogP contribution is -2.40. The van der Waals surface area contributed by atoms with Crippen molar-refractivity contribution in [1.82, 2.24) is 4.31 Å². The highest BCUT2D eigenvalue weighted by Gasteiger charge is 2.30. The fraction of sp³-hybridized carbons (Fsp3) is 0.333. The van der Waals surface area contributed by atoms with Crippen LogP contribution in [0.1, 0.15) is 12.8 Å². The van der Waals surface area contributed by atoms with E-state index in [0.29, 0.717) is 30.0 Å². The Morgan fingerprint density at radius 2 is 1.70 bits per heavy atom. The fourth-order valence-electron chi connectivity index (χ4n) is 3.14. The average Bonchev–Trinajstić information content (AvgIpc) is 2.72. The first-order valence-corrected chi connectivity index (χ1v) is 11.4. The van der Waals surface area contributed by atoms with Gasteiger partial charge in [0.2, 0.25) is 10.0 Å². The average molecular weight is 432 g/mol. The normalized spacial score (nSPS) is 15.4. The summed E-state index contributed by atoms with van der Waals surface area (Å²) in [6, 6.07) is 16.2. The van der Waals surface area contributed by atoms with E-state index in [2.05, 4.69) is 5.32 Å². The molecule has 2 aromatic carbocycles. The molecule has 160 valence electrons. The zero-order valence-corrected chi connectivity index (χ0v) is 17.4. The summed E-state index contributed by atoms with van der Waals surface area (Å²) in [6.07, 6.45) is 1.91. The third-order valence-electron chi connectivity index (χ3n) is 4.70. The van der Waals surface area contributed by atoms with Crippen LogP contribution < -0.4 is 10.1 Å². The Morgan fingerprint density at radius 1 is 1.03 bits per heavy atom. The summed E-state index contributed by atoms with van der Waals surface area (Å²) in [7, 11) is -3.25. The van der Waals surface area contributed by atoms with Crippen molar-refractivity contribution in [1.29, 1.82) is 0 Å². The SMILES string of the molecule is CS(=O)(=O)N1CCC(C(=O)OCC(=O)Nc2cccc(Oc3ccccc3)c2)CC1. The molecule has 1 heterocycles. The maximum absolute atomic E-state index is 12.2. The highest BCUT2D eigenvalue weighted by molar-refractivity contribution is 7.88. The van der Waals surface area contributed by atoms with Crippen molar-refractivity contribution in [3.05, 3.63) is 54.6 Å². The van der Waals surface area contributed by atoms with E-state index in [1.54, 1.807) is 24.3 Å². The molecular weight excluding hydrogens is 408 g/mol. The fourth-order valence-corrected chi connectivity index (χ4v) is 4.01. The van der Waals surface area contributed by atoms with E-state index < -0.39 is 34.4 Å². The van der Waals surface area contributed by atoms with Gasteiger partial charge in [0.05, 0.1) is 12.2 Å². The number of nitrogens with zero attached hydrogens (tertiary/aromatic N) is 1. The first kappa shape index (κ1) is 21.8. The molecule has 1 fully saturated rings. The first-order chi connectivity index (χ1) is 14.3. The number of sulfonamides is 1. The summed E-state index contributed by atoms with van der Waals surface area (Å²) in [5, 5.41) is 2.67. The highest BCUT2D eigenvalue weighted by atomic mass is 32.2.